The van der Waals surface area contributed by atoms with Gasteiger partial charge in [-0.25, -0.2) is 8.51 Å². The van der Waals surface area contributed by atoms with E-state index in [4.69, 9.17) is 5.11 Å². The van der Waals surface area contributed by atoms with Crippen molar-refractivity contribution in [1.29, 1.82) is 0 Å². The lowest BCUT2D eigenvalue weighted by Gasteiger charge is -2.40. The van der Waals surface area contributed by atoms with Crippen molar-refractivity contribution in [2.24, 2.45) is 0 Å². The van der Waals surface area contributed by atoms with E-state index in [2.05, 4.69) is 0 Å². The van der Waals surface area contributed by atoms with Gasteiger partial charge in [-0.1, -0.05) is 0 Å². The van der Waals surface area contributed by atoms with Gasteiger partial charge in [-0.05, 0) is 26.7 Å². The van der Waals surface area contributed by atoms with E-state index in [1.807, 2.05) is 4.31 Å². The van der Waals surface area contributed by atoms with Crippen LogP contribution in [0.5, 0.6) is 0 Å². The van der Waals surface area contributed by atoms with E-state index in [9.17, 15) is 9.00 Å². The van der Waals surface area contributed by atoms with E-state index in [0.29, 0.717) is 25.0 Å². The Bertz CT molecular complexity index is 328. The summed E-state index contributed by atoms with van der Waals surface area (Å²) in [6, 6.07) is 0.482. The lowest BCUT2D eigenvalue weighted by molar-refractivity contribution is -0.149. The fraction of sp³-hybridized carbons (Fsp3) is 0.900. The van der Waals surface area contributed by atoms with Gasteiger partial charge >= 0.3 is 5.97 Å². The van der Waals surface area contributed by atoms with Gasteiger partial charge in [0.1, 0.15) is 16.5 Å². The molecule has 0 spiro atoms. The maximum atomic E-state index is 12.0. The van der Waals surface area contributed by atoms with Crippen molar-refractivity contribution in [1.82, 2.24) is 9.21 Å². The highest BCUT2D eigenvalue weighted by Crippen LogP contribution is 2.31. The maximum absolute atomic E-state index is 12.0. The Kier molecular flexibility index (Phi) is 3.07. The zero-order valence-electron chi connectivity index (χ0n) is 9.68. The number of rotatable bonds is 3. The third kappa shape index (κ3) is 2.14. The molecule has 0 radical (unpaired) electrons. The van der Waals surface area contributed by atoms with Crippen molar-refractivity contribution in [2.75, 3.05) is 19.0 Å². The van der Waals surface area contributed by atoms with Gasteiger partial charge < -0.3 is 5.11 Å². The first-order chi connectivity index (χ1) is 7.43. The summed E-state index contributed by atoms with van der Waals surface area (Å²) in [5.41, 5.74) is -0.925. The first kappa shape index (κ1) is 12.0. The summed E-state index contributed by atoms with van der Waals surface area (Å²) in [6.45, 7) is 4.73. The Hall–Kier alpha value is -0.460. The minimum Gasteiger partial charge on any atom is -0.480 e. The monoisotopic (exact) mass is 246 g/mol. The predicted molar refractivity (Wildman–Crippen MR) is 61.2 cm³/mol. The molecule has 92 valence electrons. The molecule has 1 aliphatic heterocycles. The molecule has 2 aliphatic rings. The smallest absolute Gasteiger partial charge is 0.323 e. The van der Waals surface area contributed by atoms with Crippen molar-refractivity contribution in [2.45, 2.75) is 38.3 Å². The second kappa shape index (κ2) is 4.09. The predicted octanol–water partition coefficient (Wildman–Crippen LogP) is 0.251. The molecule has 2 rings (SSSR count). The van der Waals surface area contributed by atoms with Crippen LogP contribution in [0.15, 0.2) is 0 Å². The zero-order chi connectivity index (χ0) is 11.9. The molecule has 1 N–H and O–H groups in total. The Morgan fingerprint density at radius 2 is 2.00 bits per heavy atom. The van der Waals surface area contributed by atoms with Crippen LogP contribution >= 0.6 is 0 Å². The van der Waals surface area contributed by atoms with Gasteiger partial charge in [0.2, 0.25) is 0 Å². The van der Waals surface area contributed by atoms with E-state index in [0.717, 1.165) is 12.8 Å². The quantitative estimate of drug-likeness (QED) is 0.775. The third-order valence-electron chi connectivity index (χ3n) is 3.39. The molecule has 0 bridgehead atoms. The third-order valence-corrected chi connectivity index (χ3v) is 4.92. The van der Waals surface area contributed by atoms with Crippen LogP contribution in [0.1, 0.15) is 26.7 Å². The van der Waals surface area contributed by atoms with E-state index >= 15 is 0 Å². The highest BCUT2D eigenvalue weighted by molar-refractivity contribution is 7.82. The second-order valence-electron chi connectivity index (χ2n) is 4.95. The number of nitrogens with zero attached hydrogens (tertiary/aromatic N) is 2. The largest absolute Gasteiger partial charge is 0.480 e. The van der Waals surface area contributed by atoms with Crippen LogP contribution in [0.3, 0.4) is 0 Å². The minimum absolute atomic E-state index is 0.343. The molecule has 16 heavy (non-hydrogen) atoms. The molecule has 0 aromatic heterocycles. The van der Waals surface area contributed by atoms with E-state index in [-0.39, 0.29) is 0 Å². The van der Waals surface area contributed by atoms with Crippen molar-refractivity contribution in [3.8, 4) is 0 Å². The molecule has 0 amide bonds. The van der Waals surface area contributed by atoms with Crippen LogP contribution in [-0.2, 0) is 15.8 Å². The average Bonchev–Trinajstić information content (AvgIpc) is 3.00. The summed E-state index contributed by atoms with van der Waals surface area (Å²) in [7, 11) is -1.04. The van der Waals surface area contributed by atoms with Crippen molar-refractivity contribution < 1.29 is 14.1 Å². The highest BCUT2D eigenvalue weighted by atomic mass is 32.2. The molecule has 6 heteroatoms. The summed E-state index contributed by atoms with van der Waals surface area (Å²) in [5.74, 6) is -0.514. The van der Waals surface area contributed by atoms with Crippen LogP contribution in [0.25, 0.3) is 0 Å². The molecule has 1 atom stereocenters. The average molecular weight is 246 g/mol. The zero-order valence-corrected chi connectivity index (χ0v) is 10.5. The van der Waals surface area contributed by atoms with Gasteiger partial charge in [0.25, 0.3) is 0 Å². The topological polar surface area (TPSA) is 60.9 Å². The van der Waals surface area contributed by atoms with Crippen LogP contribution in [-0.4, -0.2) is 55.0 Å². The Morgan fingerprint density at radius 3 is 2.44 bits per heavy atom. The number of aliphatic carboxylic acids is 1. The molecule has 1 saturated heterocycles. The van der Waals surface area contributed by atoms with E-state index in [1.165, 1.54) is 0 Å². The number of hydrogen-bond donors (Lipinski definition) is 1. The Balaban J connectivity index is 2.01. The number of hydrogen-bond acceptors (Lipinski definition) is 3. The van der Waals surface area contributed by atoms with E-state index in [1.54, 1.807) is 18.7 Å². The summed E-state index contributed by atoms with van der Waals surface area (Å²) < 4.78 is 14.0. The van der Waals surface area contributed by atoms with Crippen LogP contribution in [0.4, 0.5) is 0 Å². The lowest BCUT2D eigenvalue weighted by Crippen LogP contribution is -2.58. The van der Waals surface area contributed by atoms with Crippen LogP contribution in [0, 0.1) is 0 Å². The lowest BCUT2D eigenvalue weighted by atomic mass is 10.0. The Morgan fingerprint density at radius 1 is 1.38 bits per heavy atom. The minimum atomic E-state index is -1.04. The first-order valence-electron chi connectivity index (χ1n) is 5.56. The summed E-state index contributed by atoms with van der Waals surface area (Å²) >= 11 is 0. The molecule has 1 saturated carbocycles. The van der Waals surface area contributed by atoms with Gasteiger partial charge in [-0.15, -0.1) is 0 Å². The highest BCUT2D eigenvalue weighted by Gasteiger charge is 2.42. The van der Waals surface area contributed by atoms with Crippen molar-refractivity contribution >= 4 is 17.0 Å². The molecule has 5 nitrogen and oxygen atoms in total. The normalized spacial score (nSPS) is 29.2. The molecule has 1 heterocycles. The number of carbonyl (C=O) groups is 1. The molecule has 2 fully saturated rings. The molecule has 0 aromatic carbocycles. The SMILES string of the molecule is CC(C)(C(=O)O)N1CCN(C2CC2)S(=O)C1. The fourth-order valence-corrected chi connectivity index (χ4v) is 3.58. The van der Waals surface area contributed by atoms with Gasteiger partial charge in [-0.3, -0.25) is 9.69 Å². The van der Waals surface area contributed by atoms with Gasteiger partial charge in [0.05, 0.1) is 5.88 Å². The standard InChI is InChI=1S/C10H18N2O3S/c1-10(2,9(13)14)11-5-6-12(8-3-4-8)16(15)7-11/h8H,3-7H2,1-2H3,(H,13,14). The van der Waals surface area contributed by atoms with Crippen molar-refractivity contribution in [3.05, 3.63) is 0 Å². The molecule has 1 unspecified atom stereocenters. The Labute approximate surface area is 98.0 Å². The summed E-state index contributed by atoms with van der Waals surface area (Å²) in [6.07, 6.45) is 2.27. The number of carboxylic acids is 1. The fourth-order valence-electron chi connectivity index (χ4n) is 1.88. The summed E-state index contributed by atoms with van der Waals surface area (Å²) in [5, 5.41) is 9.11. The molecular weight excluding hydrogens is 228 g/mol. The number of carboxylic acid groups (broad SMARTS) is 1. The van der Waals surface area contributed by atoms with Crippen molar-refractivity contribution in [3.63, 3.8) is 0 Å². The summed E-state index contributed by atoms with van der Waals surface area (Å²) in [4.78, 5) is 12.9. The molecular formula is C10H18N2O3S. The van der Waals surface area contributed by atoms with E-state index < -0.39 is 22.5 Å². The van der Waals surface area contributed by atoms with Crippen LogP contribution < -0.4 is 0 Å². The molecule has 0 aromatic rings. The maximum Gasteiger partial charge on any atom is 0.323 e. The first-order valence-corrected chi connectivity index (χ1v) is 6.84. The van der Waals surface area contributed by atoms with Gasteiger partial charge in [0, 0.05) is 19.1 Å². The van der Waals surface area contributed by atoms with Crippen LogP contribution in [0.2, 0.25) is 0 Å². The van der Waals surface area contributed by atoms with Gasteiger partial charge in [-0.2, -0.15) is 0 Å². The molecule has 1 aliphatic carbocycles. The van der Waals surface area contributed by atoms with Gasteiger partial charge in [0.15, 0.2) is 0 Å². The second-order valence-corrected chi connectivity index (χ2v) is 6.32.